The van der Waals surface area contributed by atoms with Gasteiger partial charge in [-0.15, -0.1) is 0 Å². The zero-order valence-electron chi connectivity index (χ0n) is 20.1. The number of ether oxygens (including phenoxy) is 1. The van der Waals surface area contributed by atoms with Gasteiger partial charge in [-0.25, -0.2) is 0 Å². The lowest BCUT2D eigenvalue weighted by molar-refractivity contribution is 0.0914. The number of nitrogen functional groups attached to an aromatic ring is 1. The first-order chi connectivity index (χ1) is 17.1. The number of carbonyl (C=O) groups is 1. The van der Waals surface area contributed by atoms with Crippen LogP contribution in [0, 0.1) is 5.41 Å². The average Bonchev–Trinajstić information content (AvgIpc) is 3.17. The molecule has 1 amide bonds. The van der Waals surface area contributed by atoms with Gasteiger partial charge in [-0.1, -0.05) is 73.9 Å². The minimum Gasteiger partial charge on any atom is -0.384 e. The number of methoxy groups -OCH3 is 1. The standard InChI is InChI=1S/C29H32N4O2/c1-35-18-25-24-15-14-20(28(30)31)16-26(24)33(27(25)29(34)32-22-11-3-2-4-12-22)17-21-10-7-9-19-8-5-6-13-23(19)21/h5-10,13-16,22H,2-4,11-12,17-18H2,1H3,(H3,30,31)(H,32,34). The van der Waals surface area contributed by atoms with Crippen LogP contribution in [0.15, 0.2) is 60.7 Å². The molecule has 1 fully saturated rings. The number of hydrogen-bond acceptors (Lipinski definition) is 3. The van der Waals surface area contributed by atoms with E-state index in [0.29, 0.717) is 24.4 Å². The van der Waals surface area contributed by atoms with E-state index >= 15 is 0 Å². The molecule has 3 aromatic carbocycles. The second-order valence-electron chi connectivity index (χ2n) is 9.44. The van der Waals surface area contributed by atoms with Crippen LogP contribution in [0.2, 0.25) is 0 Å². The normalized spacial score (nSPS) is 14.4. The Bertz CT molecular complexity index is 1390. The Morgan fingerprint density at radius 3 is 2.60 bits per heavy atom. The fourth-order valence-electron chi connectivity index (χ4n) is 5.40. The maximum absolute atomic E-state index is 13.8. The van der Waals surface area contributed by atoms with Gasteiger partial charge in [-0.3, -0.25) is 10.2 Å². The predicted molar refractivity (Wildman–Crippen MR) is 141 cm³/mol. The van der Waals surface area contributed by atoms with Crippen molar-refractivity contribution in [2.75, 3.05) is 7.11 Å². The molecule has 1 aromatic heterocycles. The predicted octanol–water partition coefficient (Wildman–Crippen LogP) is 5.34. The van der Waals surface area contributed by atoms with E-state index in [-0.39, 0.29) is 17.8 Å². The zero-order valence-corrected chi connectivity index (χ0v) is 20.1. The minimum absolute atomic E-state index is 0.00584. The molecule has 1 aliphatic carbocycles. The van der Waals surface area contributed by atoms with Crippen LogP contribution >= 0.6 is 0 Å². The lowest BCUT2D eigenvalue weighted by atomic mass is 9.95. The first-order valence-corrected chi connectivity index (χ1v) is 12.3. The van der Waals surface area contributed by atoms with Crippen LogP contribution in [0.4, 0.5) is 0 Å². The van der Waals surface area contributed by atoms with E-state index in [9.17, 15) is 4.79 Å². The molecule has 5 rings (SSSR count). The van der Waals surface area contributed by atoms with Crippen LogP contribution < -0.4 is 11.1 Å². The Morgan fingerprint density at radius 2 is 1.83 bits per heavy atom. The lowest BCUT2D eigenvalue weighted by Gasteiger charge is -2.23. The van der Waals surface area contributed by atoms with Gasteiger partial charge in [0.2, 0.25) is 0 Å². The number of amides is 1. The molecule has 6 heteroatoms. The molecule has 4 N–H and O–H groups in total. The van der Waals surface area contributed by atoms with Crippen molar-refractivity contribution in [3.05, 3.63) is 83.0 Å². The van der Waals surface area contributed by atoms with Crippen LogP contribution in [0.5, 0.6) is 0 Å². The lowest BCUT2D eigenvalue weighted by Crippen LogP contribution is -2.37. The molecule has 0 radical (unpaired) electrons. The Hall–Kier alpha value is -3.64. The van der Waals surface area contributed by atoms with Gasteiger partial charge in [0.25, 0.3) is 5.91 Å². The number of hydrogen-bond donors (Lipinski definition) is 3. The maximum Gasteiger partial charge on any atom is 0.268 e. The van der Waals surface area contributed by atoms with Gasteiger partial charge in [0.05, 0.1) is 12.1 Å². The number of rotatable bonds is 7. The van der Waals surface area contributed by atoms with Gasteiger partial charge in [0.1, 0.15) is 11.5 Å². The van der Waals surface area contributed by atoms with Crippen LogP contribution in [0.25, 0.3) is 21.7 Å². The maximum atomic E-state index is 13.8. The summed E-state index contributed by atoms with van der Waals surface area (Å²) in [5.41, 5.74) is 9.98. The molecular weight excluding hydrogens is 436 g/mol. The Labute approximate surface area is 205 Å². The van der Waals surface area contributed by atoms with E-state index in [2.05, 4.69) is 40.2 Å². The van der Waals surface area contributed by atoms with Crippen molar-refractivity contribution in [3.8, 4) is 0 Å². The number of nitrogens with two attached hydrogens (primary N) is 1. The number of benzene rings is 3. The van der Waals surface area contributed by atoms with Gasteiger partial charge < -0.3 is 20.4 Å². The summed E-state index contributed by atoms with van der Waals surface area (Å²) in [4.78, 5) is 13.8. The number of carbonyl (C=O) groups excluding carboxylic acids is 1. The molecule has 0 aliphatic heterocycles. The van der Waals surface area contributed by atoms with Crippen molar-refractivity contribution in [1.82, 2.24) is 9.88 Å². The Kier molecular flexibility index (Phi) is 6.55. The summed E-state index contributed by atoms with van der Waals surface area (Å²) in [6.45, 7) is 0.849. The number of fused-ring (bicyclic) bond motifs is 2. The summed E-state index contributed by atoms with van der Waals surface area (Å²) in [5.74, 6) is -0.0592. The Morgan fingerprint density at radius 1 is 1.06 bits per heavy atom. The van der Waals surface area contributed by atoms with Gasteiger partial charge in [-0.2, -0.15) is 0 Å². The summed E-state index contributed by atoms with van der Waals surface area (Å²) in [6, 6.07) is 20.5. The third-order valence-electron chi connectivity index (χ3n) is 7.13. The first-order valence-electron chi connectivity index (χ1n) is 12.3. The summed E-state index contributed by atoms with van der Waals surface area (Å²) >= 11 is 0. The van der Waals surface area contributed by atoms with E-state index in [1.54, 1.807) is 7.11 Å². The molecular formula is C29H32N4O2. The third-order valence-corrected chi connectivity index (χ3v) is 7.13. The van der Waals surface area contributed by atoms with Gasteiger partial charge >= 0.3 is 0 Å². The Balaban J connectivity index is 1.69. The topological polar surface area (TPSA) is 93.1 Å². The van der Waals surface area contributed by atoms with E-state index in [0.717, 1.165) is 58.5 Å². The number of aromatic nitrogens is 1. The second-order valence-corrected chi connectivity index (χ2v) is 9.44. The summed E-state index contributed by atoms with van der Waals surface area (Å²) < 4.78 is 7.65. The average molecular weight is 469 g/mol. The molecule has 0 spiro atoms. The number of nitrogens with one attached hydrogen (secondary N) is 2. The number of nitrogens with zero attached hydrogens (tertiary/aromatic N) is 1. The van der Waals surface area contributed by atoms with Crippen molar-refractivity contribution in [2.24, 2.45) is 5.73 Å². The SMILES string of the molecule is COCc1c(C(=O)NC2CCCCC2)n(Cc2cccc3ccccc23)c2cc(C(=N)N)ccc12. The molecule has 1 saturated carbocycles. The fraction of sp³-hybridized carbons (Fsp3) is 0.310. The minimum atomic E-state index is -0.0650. The summed E-state index contributed by atoms with van der Waals surface area (Å²) in [7, 11) is 1.65. The largest absolute Gasteiger partial charge is 0.384 e. The first kappa shape index (κ1) is 23.1. The van der Waals surface area contributed by atoms with Crippen molar-refractivity contribution in [1.29, 1.82) is 5.41 Å². The highest BCUT2D eigenvalue weighted by atomic mass is 16.5. The van der Waals surface area contributed by atoms with E-state index in [4.69, 9.17) is 15.9 Å². The molecule has 180 valence electrons. The smallest absolute Gasteiger partial charge is 0.268 e. The van der Waals surface area contributed by atoms with Crippen molar-refractivity contribution in [3.63, 3.8) is 0 Å². The molecule has 0 atom stereocenters. The zero-order chi connectivity index (χ0) is 24.4. The van der Waals surface area contributed by atoms with Crippen LogP contribution in [-0.2, 0) is 17.9 Å². The molecule has 4 aromatic rings. The van der Waals surface area contributed by atoms with Crippen LogP contribution in [0.1, 0.15) is 59.3 Å². The highest BCUT2D eigenvalue weighted by molar-refractivity contribution is 6.05. The molecule has 1 heterocycles. The molecule has 6 nitrogen and oxygen atoms in total. The number of amidine groups is 1. The second kappa shape index (κ2) is 9.92. The van der Waals surface area contributed by atoms with E-state index < -0.39 is 0 Å². The molecule has 0 unspecified atom stereocenters. The summed E-state index contributed by atoms with van der Waals surface area (Å²) in [5, 5.41) is 14.6. The molecule has 0 bridgehead atoms. The fourth-order valence-corrected chi connectivity index (χ4v) is 5.40. The van der Waals surface area contributed by atoms with Crippen molar-refractivity contribution in [2.45, 2.75) is 51.3 Å². The van der Waals surface area contributed by atoms with Crippen molar-refractivity contribution >= 4 is 33.4 Å². The quantitative estimate of drug-likeness (QED) is 0.253. The molecule has 0 saturated heterocycles. The van der Waals surface area contributed by atoms with Crippen LogP contribution in [0.3, 0.4) is 0 Å². The highest BCUT2D eigenvalue weighted by Crippen LogP contribution is 2.31. The van der Waals surface area contributed by atoms with Crippen molar-refractivity contribution < 1.29 is 9.53 Å². The molecule has 35 heavy (non-hydrogen) atoms. The third kappa shape index (κ3) is 4.54. The van der Waals surface area contributed by atoms with Gasteiger partial charge in [0.15, 0.2) is 0 Å². The van der Waals surface area contributed by atoms with Gasteiger partial charge in [-0.05, 0) is 35.2 Å². The summed E-state index contributed by atoms with van der Waals surface area (Å²) in [6.07, 6.45) is 5.57. The van der Waals surface area contributed by atoms with Gasteiger partial charge in [0, 0.05) is 36.2 Å². The van der Waals surface area contributed by atoms with E-state index in [1.807, 2.05) is 30.3 Å². The monoisotopic (exact) mass is 468 g/mol. The highest BCUT2D eigenvalue weighted by Gasteiger charge is 2.26. The van der Waals surface area contributed by atoms with E-state index in [1.165, 1.54) is 6.42 Å². The molecule has 1 aliphatic rings. The van der Waals surface area contributed by atoms with Crippen LogP contribution in [-0.4, -0.2) is 29.5 Å².